The van der Waals surface area contributed by atoms with Crippen molar-refractivity contribution < 1.29 is 9.26 Å². The molecule has 3 aromatic rings. The first kappa shape index (κ1) is 13.5. The maximum Gasteiger partial charge on any atom is 0.259 e. The van der Waals surface area contributed by atoms with Gasteiger partial charge in [0.2, 0.25) is 11.7 Å². The van der Waals surface area contributed by atoms with Gasteiger partial charge in [0.1, 0.15) is 12.0 Å². The summed E-state index contributed by atoms with van der Waals surface area (Å²) in [6.45, 7) is 0. The Morgan fingerprint density at radius 3 is 2.90 bits per heavy atom. The molecule has 0 aliphatic carbocycles. The molecule has 8 heteroatoms. The summed E-state index contributed by atoms with van der Waals surface area (Å²) in [5.74, 6) is 1.12. The number of halogens is 1. The molecule has 106 valence electrons. The molecular weight excluding hydrogens is 338 g/mol. The van der Waals surface area contributed by atoms with E-state index in [0.29, 0.717) is 29.0 Å². The van der Waals surface area contributed by atoms with Crippen LogP contribution in [-0.4, -0.2) is 27.2 Å². The Labute approximate surface area is 128 Å². The van der Waals surface area contributed by atoms with E-state index in [-0.39, 0.29) is 0 Å². The highest BCUT2D eigenvalue weighted by molar-refractivity contribution is 9.10. The molecule has 2 N–H and O–H groups in total. The fourth-order valence-electron chi connectivity index (χ4n) is 1.72. The summed E-state index contributed by atoms with van der Waals surface area (Å²) in [5.41, 5.74) is 7.61. The van der Waals surface area contributed by atoms with Crippen LogP contribution in [0.1, 0.15) is 0 Å². The average Bonchev–Trinajstić information content (AvgIpc) is 2.99. The van der Waals surface area contributed by atoms with Crippen LogP contribution in [0.5, 0.6) is 5.88 Å². The number of nitrogen functional groups attached to an aromatic ring is 1. The van der Waals surface area contributed by atoms with E-state index in [2.05, 4.69) is 36.0 Å². The number of aromatic nitrogens is 4. The van der Waals surface area contributed by atoms with E-state index in [0.717, 1.165) is 10.0 Å². The highest BCUT2D eigenvalue weighted by atomic mass is 79.9. The Bertz CT molecular complexity index is 790. The molecule has 0 fully saturated rings. The van der Waals surface area contributed by atoms with Gasteiger partial charge in [0.15, 0.2) is 0 Å². The average molecular weight is 348 g/mol. The molecule has 0 bridgehead atoms. The second kappa shape index (κ2) is 5.49. The maximum absolute atomic E-state index is 5.77. The number of rotatable bonds is 3. The van der Waals surface area contributed by atoms with E-state index in [1.165, 1.54) is 13.4 Å². The first-order valence-electron chi connectivity index (χ1n) is 5.93. The Balaban J connectivity index is 2.01. The van der Waals surface area contributed by atoms with Crippen molar-refractivity contribution in [3.63, 3.8) is 0 Å². The van der Waals surface area contributed by atoms with Crippen LogP contribution in [0.2, 0.25) is 0 Å². The van der Waals surface area contributed by atoms with Crippen LogP contribution in [0.4, 0.5) is 5.69 Å². The molecule has 0 atom stereocenters. The molecule has 0 saturated heterocycles. The van der Waals surface area contributed by atoms with Gasteiger partial charge >= 0.3 is 0 Å². The zero-order valence-electron chi connectivity index (χ0n) is 10.9. The Morgan fingerprint density at radius 1 is 1.24 bits per heavy atom. The van der Waals surface area contributed by atoms with Gasteiger partial charge in [-0.3, -0.25) is 0 Å². The summed E-state index contributed by atoms with van der Waals surface area (Å²) >= 11 is 3.43. The van der Waals surface area contributed by atoms with Crippen LogP contribution in [0, 0.1) is 0 Å². The maximum atomic E-state index is 5.77. The predicted molar refractivity (Wildman–Crippen MR) is 79.4 cm³/mol. The monoisotopic (exact) mass is 347 g/mol. The number of hydrogen-bond donors (Lipinski definition) is 1. The van der Waals surface area contributed by atoms with Crippen molar-refractivity contribution in [3.8, 4) is 28.9 Å². The van der Waals surface area contributed by atoms with Crippen molar-refractivity contribution in [3.05, 3.63) is 35.1 Å². The molecule has 3 rings (SSSR count). The predicted octanol–water partition coefficient (Wildman–Crippen LogP) is 2.55. The van der Waals surface area contributed by atoms with Crippen molar-refractivity contribution in [2.75, 3.05) is 12.8 Å². The third kappa shape index (κ3) is 2.70. The molecule has 21 heavy (non-hydrogen) atoms. The molecule has 0 amide bonds. The lowest BCUT2D eigenvalue weighted by Gasteiger charge is -2.00. The molecule has 1 aromatic carbocycles. The van der Waals surface area contributed by atoms with E-state index in [1.54, 1.807) is 18.2 Å². The van der Waals surface area contributed by atoms with Crippen molar-refractivity contribution in [2.45, 2.75) is 0 Å². The van der Waals surface area contributed by atoms with Crippen LogP contribution >= 0.6 is 15.9 Å². The molecule has 0 saturated carbocycles. The smallest absolute Gasteiger partial charge is 0.259 e. The number of hydrogen-bond acceptors (Lipinski definition) is 7. The minimum atomic E-state index is 0.347. The normalized spacial score (nSPS) is 10.6. The molecule has 0 aliphatic rings. The number of nitrogens with two attached hydrogens (primary N) is 1. The first-order chi connectivity index (χ1) is 10.2. The van der Waals surface area contributed by atoms with Crippen molar-refractivity contribution in [1.29, 1.82) is 0 Å². The molecule has 0 unspecified atom stereocenters. The molecule has 2 heterocycles. The second-order valence-electron chi connectivity index (χ2n) is 4.11. The van der Waals surface area contributed by atoms with E-state index in [4.69, 9.17) is 15.0 Å². The Kier molecular flexibility index (Phi) is 3.53. The lowest BCUT2D eigenvalue weighted by molar-refractivity contribution is 0.397. The van der Waals surface area contributed by atoms with Crippen LogP contribution < -0.4 is 10.5 Å². The van der Waals surface area contributed by atoms with Crippen LogP contribution in [0.3, 0.4) is 0 Å². The third-order valence-corrected chi connectivity index (χ3v) is 3.42. The Hall–Kier alpha value is -2.48. The van der Waals surface area contributed by atoms with Crippen molar-refractivity contribution in [2.24, 2.45) is 0 Å². The lowest BCUT2D eigenvalue weighted by atomic mass is 10.2. The number of methoxy groups -OCH3 is 1. The largest absolute Gasteiger partial charge is 0.481 e. The van der Waals surface area contributed by atoms with Gasteiger partial charge in [0.25, 0.3) is 5.89 Å². The van der Waals surface area contributed by atoms with Crippen molar-refractivity contribution in [1.82, 2.24) is 20.1 Å². The highest BCUT2D eigenvalue weighted by Crippen LogP contribution is 2.30. The standard InChI is InChI=1S/C13H10BrN5O2/c1-20-11-5-10(16-6-17-11)12-18-13(21-19-12)8-4-7(15)2-3-9(8)14/h2-6H,15H2,1H3. The second-order valence-corrected chi connectivity index (χ2v) is 4.96. The van der Waals surface area contributed by atoms with Crippen LogP contribution in [0.15, 0.2) is 39.6 Å². The van der Waals surface area contributed by atoms with Gasteiger partial charge in [0, 0.05) is 16.2 Å². The summed E-state index contributed by atoms with van der Waals surface area (Å²) in [7, 11) is 1.53. The quantitative estimate of drug-likeness (QED) is 0.726. The molecule has 7 nitrogen and oxygen atoms in total. The fourth-order valence-corrected chi connectivity index (χ4v) is 2.13. The van der Waals surface area contributed by atoms with Gasteiger partial charge < -0.3 is 15.0 Å². The van der Waals surface area contributed by atoms with Gasteiger partial charge in [-0.1, -0.05) is 5.16 Å². The van der Waals surface area contributed by atoms with E-state index >= 15 is 0 Å². The summed E-state index contributed by atoms with van der Waals surface area (Å²) in [6.07, 6.45) is 1.38. The Morgan fingerprint density at radius 2 is 2.10 bits per heavy atom. The molecule has 0 spiro atoms. The SMILES string of the molecule is COc1cc(-c2noc(-c3cc(N)ccc3Br)n2)ncn1. The zero-order chi connectivity index (χ0) is 14.8. The minimum Gasteiger partial charge on any atom is -0.481 e. The van der Waals surface area contributed by atoms with Gasteiger partial charge in [-0.15, -0.1) is 0 Å². The molecule has 0 aliphatic heterocycles. The zero-order valence-corrected chi connectivity index (χ0v) is 12.5. The highest BCUT2D eigenvalue weighted by Gasteiger charge is 2.15. The van der Waals surface area contributed by atoms with Gasteiger partial charge in [0.05, 0.1) is 12.7 Å². The molecular formula is C13H10BrN5O2. The van der Waals surface area contributed by atoms with Crippen molar-refractivity contribution >= 4 is 21.6 Å². The first-order valence-corrected chi connectivity index (χ1v) is 6.72. The minimum absolute atomic E-state index is 0.347. The summed E-state index contributed by atoms with van der Waals surface area (Å²) < 4.78 is 11.1. The van der Waals surface area contributed by atoms with Crippen LogP contribution in [0.25, 0.3) is 23.0 Å². The van der Waals surface area contributed by atoms with E-state index < -0.39 is 0 Å². The summed E-state index contributed by atoms with van der Waals surface area (Å²) in [5, 5.41) is 3.92. The number of benzene rings is 1. The van der Waals surface area contributed by atoms with Gasteiger partial charge in [-0.25, -0.2) is 9.97 Å². The lowest BCUT2D eigenvalue weighted by Crippen LogP contribution is -1.92. The summed E-state index contributed by atoms with van der Waals surface area (Å²) in [6, 6.07) is 6.98. The number of anilines is 1. The number of nitrogens with zero attached hydrogens (tertiary/aromatic N) is 4. The van der Waals surface area contributed by atoms with Gasteiger partial charge in [-0.2, -0.15) is 4.98 Å². The topological polar surface area (TPSA) is 100.0 Å². The molecule has 0 radical (unpaired) electrons. The fraction of sp³-hybridized carbons (Fsp3) is 0.0769. The van der Waals surface area contributed by atoms with E-state index in [9.17, 15) is 0 Å². The van der Waals surface area contributed by atoms with E-state index in [1.807, 2.05) is 6.07 Å². The number of ether oxygens (including phenoxy) is 1. The molecule has 2 aromatic heterocycles. The van der Waals surface area contributed by atoms with Gasteiger partial charge in [-0.05, 0) is 34.1 Å². The van der Waals surface area contributed by atoms with Crippen LogP contribution in [-0.2, 0) is 0 Å². The third-order valence-electron chi connectivity index (χ3n) is 2.73. The summed E-state index contributed by atoms with van der Waals surface area (Å²) in [4.78, 5) is 12.3.